The standard InChI is InChI=1S/C18H20FNO/c1-13-7-6-8-15(11-13)18(21)12-20(3)14(2)16-9-4-5-10-17(16)19/h4-11,14H,12H2,1-3H3. The molecule has 21 heavy (non-hydrogen) atoms. The highest BCUT2D eigenvalue weighted by atomic mass is 19.1. The Morgan fingerprint density at radius 2 is 1.90 bits per heavy atom. The number of rotatable bonds is 5. The van der Waals surface area contributed by atoms with Gasteiger partial charge in [-0.1, -0.05) is 42.0 Å². The molecule has 0 bridgehead atoms. The van der Waals surface area contributed by atoms with E-state index in [1.807, 2.05) is 56.1 Å². The summed E-state index contributed by atoms with van der Waals surface area (Å²) in [6, 6.07) is 14.1. The van der Waals surface area contributed by atoms with E-state index in [0.29, 0.717) is 11.1 Å². The molecule has 2 rings (SSSR count). The van der Waals surface area contributed by atoms with Crippen molar-refractivity contribution in [3.8, 4) is 0 Å². The van der Waals surface area contributed by atoms with Crippen LogP contribution in [0.1, 0.15) is 34.5 Å². The van der Waals surface area contributed by atoms with Crippen LogP contribution in [0.15, 0.2) is 48.5 Å². The minimum absolute atomic E-state index is 0.0457. The first-order valence-corrected chi connectivity index (χ1v) is 7.03. The van der Waals surface area contributed by atoms with Gasteiger partial charge < -0.3 is 0 Å². The van der Waals surface area contributed by atoms with Gasteiger partial charge in [-0.15, -0.1) is 0 Å². The van der Waals surface area contributed by atoms with Crippen molar-refractivity contribution in [2.45, 2.75) is 19.9 Å². The molecule has 0 N–H and O–H groups in total. The Morgan fingerprint density at radius 3 is 2.57 bits per heavy atom. The molecular formula is C18H20FNO. The summed E-state index contributed by atoms with van der Waals surface area (Å²) in [4.78, 5) is 14.2. The Hall–Kier alpha value is -2.00. The average Bonchev–Trinajstić information content (AvgIpc) is 2.47. The van der Waals surface area contributed by atoms with E-state index in [-0.39, 0.29) is 24.2 Å². The molecule has 0 spiro atoms. The van der Waals surface area contributed by atoms with E-state index in [1.165, 1.54) is 6.07 Å². The Bertz CT molecular complexity index is 639. The van der Waals surface area contributed by atoms with Crippen LogP contribution in [0.3, 0.4) is 0 Å². The molecule has 0 amide bonds. The van der Waals surface area contributed by atoms with Crippen LogP contribution < -0.4 is 0 Å². The highest BCUT2D eigenvalue weighted by Crippen LogP contribution is 2.21. The van der Waals surface area contributed by atoms with Gasteiger partial charge in [-0.3, -0.25) is 9.69 Å². The SMILES string of the molecule is Cc1cccc(C(=O)CN(C)C(C)c2ccccc2F)c1. The lowest BCUT2D eigenvalue weighted by Crippen LogP contribution is -2.29. The van der Waals surface area contributed by atoms with E-state index < -0.39 is 0 Å². The van der Waals surface area contributed by atoms with Crippen LogP contribution in [0.2, 0.25) is 0 Å². The maximum atomic E-state index is 13.8. The van der Waals surface area contributed by atoms with Crippen molar-refractivity contribution in [1.82, 2.24) is 4.90 Å². The molecule has 0 radical (unpaired) electrons. The minimum Gasteiger partial charge on any atom is -0.293 e. The van der Waals surface area contributed by atoms with Gasteiger partial charge in [0.15, 0.2) is 5.78 Å². The monoisotopic (exact) mass is 285 g/mol. The van der Waals surface area contributed by atoms with Gasteiger partial charge in [-0.05, 0) is 33.0 Å². The smallest absolute Gasteiger partial charge is 0.176 e. The van der Waals surface area contributed by atoms with Gasteiger partial charge in [0.25, 0.3) is 0 Å². The number of halogens is 1. The molecule has 0 aliphatic carbocycles. The summed E-state index contributed by atoms with van der Waals surface area (Å²) < 4.78 is 13.8. The molecule has 0 saturated heterocycles. The van der Waals surface area contributed by atoms with Gasteiger partial charge in [0, 0.05) is 17.2 Å². The van der Waals surface area contributed by atoms with Gasteiger partial charge in [0.05, 0.1) is 6.54 Å². The fourth-order valence-corrected chi connectivity index (χ4v) is 2.32. The van der Waals surface area contributed by atoms with Crippen molar-refractivity contribution in [1.29, 1.82) is 0 Å². The van der Waals surface area contributed by atoms with Crippen LogP contribution in [0.5, 0.6) is 0 Å². The van der Waals surface area contributed by atoms with Crippen LogP contribution in [0, 0.1) is 12.7 Å². The maximum absolute atomic E-state index is 13.8. The Labute approximate surface area is 125 Å². The number of carbonyl (C=O) groups excluding carboxylic acids is 1. The van der Waals surface area contributed by atoms with E-state index in [9.17, 15) is 9.18 Å². The lowest BCUT2D eigenvalue weighted by atomic mass is 10.0. The molecule has 0 aliphatic heterocycles. The quantitative estimate of drug-likeness (QED) is 0.774. The molecule has 0 heterocycles. The van der Waals surface area contributed by atoms with Crippen molar-refractivity contribution >= 4 is 5.78 Å². The molecule has 1 atom stereocenters. The predicted octanol–water partition coefficient (Wildman–Crippen LogP) is 4.01. The summed E-state index contributed by atoms with van der Waals surface area (Å²) >= 11 is 0. The van der Waals surface area contributed by atoms with Gasteiger partial charge in [-0.2, -0.15) is 0 Å². The van der Waals surface area contributed by atoms with Crippen LogP contribution in [-0.2, 0) is 0 Å². The fraction of sp³-hybridized carbons (Fsp3) is 0.278. The Kier molecular flexibility index (Phi) is 4.86. The zero-order valence-electron chi connectivity index (χ0n) is 12.6. The molecule has 3 heteroatoms. The van der Waals surface area contributed by atoms with Crippen molar-refractivity contribution < 1.29 is 9.18 Å². The Balaban J connectivity index is 2.09. The molecule has 110 valence electrons. The molecule has 0 aliphatic rings. The van der Waals surface area contributed by atoms with Crippen LogP contribution in [0.4, 0.5) is 4.39 Å². The van der Waals surface area contributed by atoms with Gasteiger partial charge in [-0.25, -0.2) is 4.39 Å². The highest BCUT2D eigenvalue weighted by molar-refractivity contribution is 5.97. The molecule has 2 aromatic rings. The average molecular weight is 285 g/mol. The second kappa shape index (κ2) is 6.64. The number of ketones is 1. The van der Waals surface area contributed by atoms with Crippen molar-refractivity contribution in [3.05, 3.63) is 71.0 Å². The molecule has 2 nitrogen and oxygen atoms in total. The van der Waals surface area contributed by atoms with E-state index in [0.717, 1.165) is 5.56 Å². The zero-order valence-corrected chi connectivity index (χ0v) is 12.6. The first kappa shape index (κ1) is 15.4. The third-order valence-corrected chi connectivity index (χ3v) is 3.75. The Morgan fingerprint density at radius 1 is 1.19 bits per heavy atom. The molecule has 0 fully saturated rings. The normalized spacial score (nSPS) is 12.4. The number of nitrogens with zero attached hydrogens (tertiary/aromatic N) is 1. The summed E-state index contributed by atoms with van der Waals surface area (Å²) in [5, 5.41) is 0. The predicted molar refractivity (Wildman–Crippen MR) is 83.0 cm³/mol. The molecular weight excluding hydrogens is 265 g/mol. The summed E-state index contributed by atoms with van der Waals surface area (Å²) in [7, 11) is 1.84. The number of carbonyl (C=O) groups is 1. The van der Waals surface area contributed by atoms with Crippen LogP contribution in [-0.4, -0.2) is 24.3 Å². The number of aryl methyl sites for hydroxylation is 1. The summed E-state index contributed by atoms with van der Waals surface area (Å²) in [5.41, 5.74) is 2.37. The number of hydrogen-bond acceptors (Lipinski definition) is 2. The van der Waals surface area contributed by atoms with Crippen molar-refractivity contribution in [3.63, 3.8) is 0 Å². The van der Waals surface area contributed by atoms with Gasteiger partial charge in [0.2, 0.25) is 0 Å². The maximum Gasteiger partial charge on any atom is 0.176 e. The second-order valence-electron chi connectivity index (χ2n) is 5.41. The number of Topliss-reactive ketones (excluding diaryl/α,β-unsaturated/α-hetero) is 1. The van der Waals surface area contributed by atoms with Gasteiger partial charge >= 0.3 is 0 Å². The molecule has 1 unspecified atom stereocenters. The molecule has 0 saturated carbocycles. The first-order valence-electron chi connectivity index (χ1n) is 7.03. The summed E-state index contributed by atoms with van der Waals surface area (Å²) in [5.74, 6) is -0.191. The number of likely N-dealkylation sites (N-methyl/N-ethyl adjacent to an activating group) is 1. The van der Waals surface area contributed by atoms with Crippen LogP contribution in [0.25, 0.3) is 0 Å². The molecule has 0 aromatic heterocycles. The van der Waals surface area contributed by atoms with E-state index in [1.54, 1.807) is 12.1 Å². The van der Waals surface area contributed by atoms with Crippen molar-refractivity contribution in [2.24, 2.45) is 0 Å². The topological polar surface area (TPSA) is 20.3 Å². The number of hydrogen-bond donors (Lipinski definition) is 0. The van der Waals surface area contributed by atoms with E-state index >= 15 is 0 Å². The minimum atomic E-state index is -0.236. The van der Waals surface area contributed by atoms with E-state index in [2.05, 4.69) is 0 Å². The largest absolute Gasteiger partial charge is 0.293 e. The molecule has 2 aromatic carbocycles. The van der Waals surface area contributed by atoms with E-state index in [4.69, 9.17) is 0 Å². The first-order chi connectivity index (χ1) is 9.99. The summed E-state index contributed by atoms with van der Waals surface area (Å²) in [6.45, 7) is 4.13. The third kappa shape index (κ3) is 3.76. The fourth-order valence-electron chi connectivity index (χ4n) is 2.32. The summed E-state index contributed by atoms with van der Waals surface area (Å²) in [6.07, 6.45) is 0. The van der Waals surface area contributed by atoms with Crippen molar-refractivity contribution in [2.75, 3.05) is 13.6 Å². The lowest BCUT2D eigenvalue weighted by Gasteiger charge is -2.24. The number of benzene rings is 2. The van der Waals surface area contributed by atoms with Gasteiger partial charge in [0.1, 0.15) is 5.82 Å². The second-order valence-corrected chi connectivity index (χ2v) is 5.41. The highest BCUT2D eigenvalue weighted by Gasteiger charge is 2.18. The lowest BCUT2D eigenvalue weighted by molar-refractivity contribution is 0.0923. The zero-order chi connectivity index (χ0) is 15.4. The van der Waals surface area contributed by atoms with Crippen LogP contribution >= 0.6 is 0 Å². The third-order valence-electron chi connectivity index (χ3n) is 3.75.